The van der Waals surface area contributed by atoms with Gasteiger partial charge in [0.25, 0.3) is 5.91 Å². The minimum absolute atomic E-state index is 0.169. The molecule has 1 heterocycles. The zero-order valence-corrected chi connectivity index (χ0v) is 17.0. The monoisotopic (exact) mass is 421 g/mol. The number of nitrogens with zero attached hydrogens (tertiary/aromatic N) is 1. The molecule has 0 atom stereocenters. The molecule has 0 unspecified atom stereocenters. The number of hydrogen-bond donors (Lipinski definition) is 2. The van der Waals surface area contributed by atoms with Crippen LogP contribution in [0.3, 0.4) is 0 Å². The van der Waals surface area contributed by atoms with Gasteiger partial charge in [-0.25, -0.2) is 9.37 Å². The molecule has 0 fully saturated rings. The van der Waals surface area contributed by atoms with E-state index in [-0.39, 0.29) is 5.11 Å². The summed E-state index contributed by atoms with van der Waals surface area (Å²) in [5.74, 6) is -0.797. The molecule has 7 heteroatoms. The summed E-state index contributed by atoms with van der Waals surface area (Å²) in [6.45, 7) is 2.07. The molecule has 0 spiro atoms. The zero-order valence-electron chi connectivity index (χ0n) is 15.4. The Hall–Kier alpha value is -3.16. The Kier molecular flexibility index (Phi) is 5.33. The van der Waals surface area contributed by atoms with E-state index >= 15 is 0 Å². The van der Waals surface area contributed by atoms with Crippen molar-refractivity contribution < 1.29 is 9.18 Å². The van der Waals surface area contributed by atoms with Crippen LogP contribution in [0, 0.1) is 12.7 Å². The van der Waals surface area contributed by atoms with E-state index in [0.29, 0.717) is 5.56 Å². The predicted octanol–water partition coefficient (Wildman–Crippen LogP) is 5.54. The third kappa shape index (κ3) is 4.47. The van der Waals surface area contributed by atoms with Gasteiger partial charge in [-0.05, 0) is 85.4 Å². The third-order valence-electron chi connectivity index (χ3n) is 4.27. The Balaban J connectivity index is 1.42. The van der Waals surface area contributed by atoms with Crippen molar-refractivity contribution in [3.63, 3.8) is 0 Å². The molecule has 0 saturated heterocycles. The maximum absolute atomic E-state index is 13.0. The fraction of sp³-hybridized carbons (Fsp3) is 0.0455. The highest BCUT2D eigenvalue weighted by molar-refractivity contribution is 7.80. The van der Waals surface area contributed by atoms with Crippen molar-refractivity contribution in [2.24, 2.45) is 0 Å². The number of benzene rings is 3. The first-order valence-corrected chi connectivity index (χ1v) is 10.1. The van der Waals surface area contributed by atoms with Crippen molar-refractivity contribution in [1.82, 2.24) is 10.3 Å². The van der Waals surface area contributed by atoms with Gasteiger partial charge < -0.3 is 5.32 Å². The molecule has 0 aliphatic rings. The van der Waals surface area contributed by atoms with Crippen LogP contribution in [0.15, 0.2) is 66.7 Å². The average molecular weight is 422 g/mol. The fourth-order valence-electron chi connectivity index (χ4n) is 2.79. The second-order valence-electron chi connectivity index (χ2n) is 6.48. The number of aromatic nitrogens is 1. The second-order valence-corrected chi connectivity index (χ2v) is 7.92. The number of halogens is 1. The Morgan fingerprint density at radius 2 is 1.76 bits per heavy atom. The number of carbonyl (C=O) groups excluding carboxylic acids is 1. The van der Waals surface area contributed by atoms with Gasteiger partial charge in [0.05, 0.1) is 10.2 Å². The molecule has 3 aromatic carbocycles. The number of hydrogen-bond acceptors (Lipinski definition) is 4. The van der Waals surface area contributed by atoms with Crippen molar-refractivity contribution in [3.05, 3.63) is 83.7 Å². The molecule has 0 aliphatic heterocycles. The topological polar surface area (TPSA) is 54.0 Å². The van der Waals surface area contributed by atoms with Gasteiger partial charge in [-0.2, -0.15) is 0 Å². The minimum Gasteiger partial charge on any atom is -0.332 e. The molecule has 29 heavy (non-hydrogen) atoms. The van der Waals surface area contributed by atoms with Crippen molar-refractivity contribution in [3.8, 4) is 10.6 Å². The van der Waals surface area contributed by atoms with Gasteiger partial charge in [0.1, 0.15) is 10.8 Å². The summed E-state index contributed by atoms with van der Waals surface area (Å²) in [6, 6.07) is 19.2. The van der Waals surface area contributed by atoms with Gasteiger partial charge in [0.15, 0.2) is 5.11 Å². The molecule has 0 bridgehead atoms. The fourth-order valence-corrected chi connectivity index (χ4v) is 4.07. The van der Waals surface area contributed by atoms with E-state index in [9.17, 15) is 9.18 Å². The van der Waals surface area contributed by atoms with Gasteiger partial charge in [-0.1, -0.05) is 6.07 Å². The highest BCUT2D eigenvalue weighted by Gasteiger charge is 2.09. The number of thiazole rings is 1. The lowest BCUT2D eigenvalue weighted by Crippen LogP contribution is -2.34. The Morgan fingerprint density at radius 3 is 2.48 bits per heavy atom. The van der Waals surface area contributed by atoms with Crippen LogP contribution in [0.1, 0.15) is 15.9 Å². The molecule has 0 radical (unpaired) electrons. The third-order valence-corrected chi connectivity index (χ3v) is 5.54. The van der Waals surface area contributed by atoms with E-state index in [1.807, 2.05) is 30.3 Å². The maximum atomic E-state index is 13.0. The number of anilines is 1. The number of fused-ring (bicyclic) bond motifs is 1. The summed E-state index contributed by atoms with van der Waals surface area (Å²) in [4.78, 5) is 16.8. The number of aryl methyl sites for hydroxylation is 1. The number of nitrogens with one attached hydrogen (secondary N) is 2. The molecule has 0 saturated carbocycles. The summed E-state index contributed by atoms with van der Waals surface area (Å²) in [5, 5.41) is 6.67. The smallest absolute Gasteiger partial charge is 0.257 e. The van der Waals surface area contributed by atoms with E-state index in [1.165, 1.54) is 29.8 Å². The second kappa shape index (κ2) is 8.06. The number of thiocarbonyl (C=S) groups is 1. The first-order valence-electron chi connectivity index (χ1n) is 8.83. The molecular weight excluding hydrogens is 405 g/mol. The SMILES string of the molecule is Cc1ccc2nc(-c3ccc(NC(=S)NC(=O)c4ccc(F)cc4)cc3)sc2c1. The van der Waals surface area contributed by atoms with Gasteiger partial charge in [0.2, 0.25) is 0 Å². The predicted molar refractivity (Wildman–Crippen MR) is 120 cm³/mol. The molecule has 4 rings (SSSR count). The number of rotatable bonds is 3. The summed E-state index contributed by atoms with van der Waals surface area (Å²) >= 11 is 6.84. The lowest BCUT2D eigenvalue weighted by atomic mass is 10.2. The van der Waals surface area contributed by atoms with Crippen molar-refractivity contribution in [2.45, 2.75) is 6.92 Å². The Morgan fingerprint density at radius 1 is 1.03 bits per heavy atom. The van der Waals surface area contributed by atoms with Crippen LogP contribution in [-0.4, -0.2) is 16.0 Å². The Labute approximate surface area is 176 Å². The van der Waals surface area contributed by atoms with Crippen LogP contribution < -0.4 is 10.6 Å². The molecule has 1 amide bonds. The minimum atomic E-state index is -0.399. The van der Waals surface area contributed by atoms with Crippen molar-refractivity contribution >= 4 is 50.5 Å². The van der Waals surface area contributed by atoms with Crippen molar-refractivity contribution in [1.29, 1.82) is 0 Å². The summed E-state index contributed by atoms with van der Waals surface area (Å²) in [7, 11) is 0. The van der Waals surface area contributed by atoms with Crippen LogP contribution in [0.25, 0.3) is 20.8 Å². The van der Waals surface area contributed by atoms with Crippen LogP contribution in [0.5, 0.6) is 0 Å². The van der Waals surface area contributed by atoms with E-state index < -0.39 is 11.7 Å². The first-order chi connectivity index (χ1) is 14.0. The maximum Gasteiger partial charge on any atom is 0.257 e. The van der Waals surface area contributed by atoms with E-state index in [0.717, 1.165) is 26.5 Å². The molecule has 2 N–H and O–H groups in total. The summed E-state index contributed by atoms with van der Waals surface area (Å²) in [5.41, 5.74) is 4.29. The molecule has 0 aliphatic carbocycles. The van der Waals surface area contributed by atoms with E-state index in [1.54, 1.807) is 11.3 Å². The average Bonchev–Trinajstić information content (AvgIpc) is 3.12. The summed E-state index contributed by atoms with van der Waals surface area (Å²) in [6.07, 6.45) is 0. The van der Waals surface area contributed by atoms with Gasteiger partial charge in [0, 0.05) is 16.8 Å². The lowest BCUT2D eigenvalue weighted by molar-refractivity contribution is 0.0977. The molecular formula is C22H16FN3OS2. The quantitative estimate of drug-likeness (QED) is 0.427. The van der Waals surface area contributed by atoms with E-state index in [4.69, 9.17) is 12.2 Å². The molecule has 4 nitrogen and oxygen atoms in total. The van der Waals surface area contributed by atoms with Crippen LogP contribution in [0.4, 0.5) is 10.1 Å². The van der Waals surface area contributed by atoms with E-state index in [2.05, 4.69) is 34.7 Å². The van der Waals surface area contributed by atoms with Crippen LogP contribution in [-0.2, 0) is 0 Å². The summed E-state index contributed by atoms with van der Waals surface area (Å²) < 4.78 is 14.1. The van der Waals surface area contributed by atoms with Gasteiger partial charge >= 0.3 is 0 Å². The van der Waals surface area contributed by atoms with Crippen molar-refractivity contribution in [2.75, 3.05) is 5.32 Å². The van der Waals surface area contributed by atoms with Gasteiger partial charge in [-0.15, -0.1) is 11.3 Å². The number of carbonyl (C=O) groups is 1. The van der Waals surface area contributed by atoms with Crippen LogP contribution >= 0.6 is 23.6 Å². The highest BCUT2D eigenvalue weighted by atomic mass is 32.1. The highest BCUT2D eigenvalue weighted by Crippen LogP contribution is 2.31. The van der Waals surface area contributed by atoms with Crippen LogP contribution in [0.2, 0.25) is 0 Å². The number of amides is 1. The standard InChI is InChI=1S/C22H16FN3OS2/c1-13-2-11-18-19(12-13)29-21(25-18)15-5-9-17(10-6-15)24-22(28)26-20(27)14-3-7-16(23)8-4-14/h2-12H,1H3,(H2,24,26,27,28). The molecule has 1 aromatic heterocycles. The molecule has 4 aromatic rings. The van der Waals surface area contributed by atoms with Gasteiger partial charge in [-0.3, -0.25) is 10.1 Å². The largest absolute Gasteiger partial charge is 0.332 e. The normalized spacial score (nSPS) is 10.7. The lowest BCUT2D eigenvalue weighted by Gasteiger charge is -2.10. The first kappa shape index (κ1) is 19.2. The zero-order chi connectivity index (χ0) is 20.4. The Bertz CT molecular complexity index is 1200. The molecule has 144 valence electrons.